The van der Waals surface area contributed by atoms with Gasteiger partial charge < -0.3 is 29.7 Å². The zero-order valence-corrected chi connectivity index (χ0v) is 14.5. The molecule has 2 atom stereocenters. The van der Waals surface area contributed by atoms with Gasteiger partial charge in [-0.2, -0.15) is 0 Å². The Kier molecular flexibility index (Phi) is 9.78. The lowest BCUT2D eigenvalue weighted by molar-refractivity contribution is -0.239. The van der Waals surface area contributed by atoms with Gasteiger partial charge in [0.25, 0.3) is 0 Å². The van der Waals surface area contributed by atoms with E-state index in [0.29, 0.717) is 0 Å². The summed E-state index contributed by atoms with van der Waals surface area (Å²) in [5, 5.41) is 20.1. The second-order valence-corrected chi connectivity index (χ2v) is 6.43. The van der Waals surface area contributed by atoms with Crippen LogP contribution in [0.4, 0.5) is 4.79 Å². The summed E-state index contributed by atoms with van der Waals surface area (Å²) < 4.78 is 16.3. The Bertz CT molecular complexity index is 365. The highest BCUT2D eigenvalue weighted by Gasteiger charge is 2.25. The number of amides is 1. The number of alkyl carbamates (subject to hydrolysis) is 1. The summed E-state index contributed by atoms with van der Waals surface area (Å²) in [6.45, 7) is 8.93. The van der Waals surface area contributed by atoms with Crippen molar-refractivity contribution in [2.24, 2.45) is 5.92 Å². The maximum Gasteiger partial charge on any atom is 0.407 e. The van der Waals surface area contributed by atoms with Crippen molar-refractivity contribution >= 4 is 12.1 Å². The van der Waals surface area contributed by atoms with E-state index in [1.54, 1.807) is 0 Å². The van der Waals surface area contributed by atoms with E-state index in [1.807, 2.05) is 34.6 Å². The number of hydrogen-bond acceptors (Lipinski definition) is 6. The second-order valence-electron chi connectivity index (χ2n) is 6.43. The lowest BCUT2D eigenvalue weighted by Gasteiger charge is -2.31. The summed E-state index contributed by atoms with van der Waals surface area (Å²) >= 11 is 0. The lowest BCUT2D eigenvalue weighted by Crippen LogP contribution is -2.40. The number of rotatable bonds is 10. The van der Waals surface area contributed by atoms with E-state index in [-0.39, 0.29) is 32.1 Å². The summed E-state index contributed by atoms with van der Waals surface area (Å²) in [5.41, 5.74) is -0.523. The maximum absolute atomic E-state index is 11.5. The zero-order chi connectivity index (χ0) is 18.0. The molecular formula is C15H29NO7. The molecule has 0 aromatic carbocycles. The van der Waals surface area contributed by atoms with Crippen LogP contribution in [0.5, 0.6) is 0 Å². The van der Waals surface area contributed by atoms with Gasteiger partial charge in [-0.25, -0.2) is 4.79 Å². The predicted molar refractivity (Wildman–Crippen MR) is 83.0 cm³/mol. The van der Waals surface area contributed by atoms with Gasteiger partial charge in [0.05, 0.1) is 24.7 Å². The Balaban J connectivity index is 4.46. The Labute approximate surface area is 137 Å². The van der Waals surface area contributed by atoms with Crippen LogP contribution in [0.3, 0.4) is 0 Å². The number of aliphatic hydroxyl groups is 1. The largest absolute Gasteiger partial charge is 0.481 e. The number of carboxylic acid groups (broad SMARTS) is 1. The summed E-state index contributed by atoms with van der Waals surface area (Å²) in [7, 11) is 0. The summed E-state index contributed by atoms with van der Waals surface area (Å²) in [5.74, 6) is -0.944. The molecule has 0 rings (SSSR count). The van der Waals surface area contributed by atoms with E-state index in [1.165, 1.54) is 0 Å². The monoisotopic (exact) mass is 335 g/mol. The highest BCUT2D eigenvalue weighted by atomic mass is 16.7. The van der Waals surface area contributed by atoms with Crippen LogP contribution in [0.2, 0.25) is 0 Å². The van der Waals surface area contributed by atoms with Gasteiger partial charge in [-0.15, -0.1) is 0 Å². The van der Waals surface area contributed by atoms with Crippen molar-refractivity contribution in [3.63, 3.8) is 0 Å². The molecule has 3 N–H and O–H groups in total. The number of aliphatic hydroxyl groups excluding tert-OH is 1. The number of carbonyl (C=O) groups is 2. The first-order chi connectivity index (χ1) is 10.5. The first kappa shape index (κ1) is 21.6. The van der Waals surface area contributed by atoms with Gasteiger partial charge >= 0.3 is 12.1 Å². The fourth-order valence-electron chi connectivity index (χ4n) is 1.57. The van der Waals surface area contributed by atoms with Gasteiger partial charge in [-0.3, -0.25) is 4.79 Å². The van der Waals surface area contributed by atoms with Crippen molar-refractivity contribution in [1.29, 1.82) is 0 Å². The van der Waals surface area contributed by atoms with E-state index < -0.39 is 30.1 Å². The molecule has 0 aromatic heterocycles. The quantitative estimate of drug-likeness (QED) is 0.516. The Morgan fingerprint density at radius 2 is 1.83 bits per heavy atom. The van der Waals surface area contributed by atoms with Gasteiger partial charge in [0.2, 0.25) is 0 Å². The van der Waals surface area contributed by atoms with Crippen LogP contribution >= 0.6 is 0 Å². The minimum Gasteiger partial charge on any atom is -0.481 e. The Morgan fingerprint density at radius 3 is 2.26 bits per heavy atom. The molecule has 0 bridgehead atoms. The molecule has 8 heteroatoms. The molecule has 0 radical (unpaired) electrons. The molecule has 0 aliphatic heterocycles. The van der Waals surface area contributed by atoms with Crippen molar-refractivity contribution in [3.05, 3.63) is 0 Å². The lowest BCUT2D eigenvalue weighted by atomic mass is 10.1. The third-order valence-electron chi connectivity index (χ3n) is 2.69. The van der Waals surface area contributed by atoms with Crippen molar-refractivity contribution in [1.82, 2.24) is 5.32 Å². The summed E-state index contributed by atoms with van der Waals surface area (Å²) in [6, 6.07) is 0. The number of carboxylic acids is 1. The van der Waals surface area contributed by atoms with Gasteiger partial charge in [-0.1, -0.05) is 13.8 Å². The third-order valence-corrected chi connectivity index (χ3v) is 2.69. The molecule has 2 unspecified atom stereocenters. The molecule has 0 aliphatic rings. The van der Waals surface area contributed by atoms with Crippen LogP contribution in [0, 0.1) is 5.92 Å². The molecule has 23 heavy (non-hydrogen) atoms. The minimum absolute atomic E-state index is 0.0227. The van der Waals surface area contributed by atoms with Crippen LogP contribution in [-0.4, -0.2) is 60.0 Å². The minimum atomic E-state index is -1.01. The maximum atomic E-state index is 11.5. The number of hydrogen-bond donors (Lipinski definition) is 3. The van der Waals surface area contributed by atoms with Gasteiger partial charge in [0, 0.05) is 6.54 Å². The van der Waals surface area contributed by atoms with Gasteiger partial charge in [0.15, 0.2) is 6.29 Å². The van der Waals surface area contributed by atoms with E-state index in [9.17, 15) is 14.7 Å². The molecule has 136 valence electrons. The van der Waals surface area contributed by atoms with E-state index in [2.05, 4.69) is 5.32 Å². The standard InChI is InChI=1S/C15H29NO7/c1-10(2)11(8-17)22-13(23-15(3,4)5)9-21-14(20)16-7-6-12(18)19/h10-11,13,17H,6-9H2,1-5H3,(H,16,20)(H,18,19). The van der Waals surface area contributed by atoms with Crippen LogP contribution in [0.25, 0.3) is 0 Å². The smallest absolute Gasteiger partial charge is 0.407 e. The van der Waals surface area contributed by atoms with Crippen molar-refractivity contribution in [2.45, 2.75) is 59.0 Å². The summed E-state index contributed by atoms with van der Waals surface area (Å²) in [6.07, 6.45) is -2.21. The van der Waals surface area contributed by atoms with E-state index in [4.69, 9.17) is 19.3 Å². The van der Waals surface area contributed by atoms with E-state index in [0.717, 1.165) is 0 Å². The fraction of sp³-hybridized carbons (Fsp3) is 0.867. The number of aliphatic carboxylic acids is 1. The molecule has 0 aliphatic carbocycles. The molecule has 0 aromatic rings. The van der Waals surface area contributed by atoms with Crippen LogP contribution in [-0.2, 0) is 19.0 Å². The average Bonchev–Trinajstić information content (AvgIpc) is 2.39. The third kappa shape index (κ3) is 11.8. The van der Waals surface area contributed by atoms with Crippen molar-refractivity contribution in [3.8, 4) is 0 Å². The van der Waals surface area contributed by atoms with Crippen molar-refractivity contribution < 1.29 is 34.0 Å². The molecule has 8 nitrogen and oxygen atoms in total. The van der Waals surface area contributed by atoms with Crippen molar-refractivity contribution in [2.75, 3.05) is 19.8 Å². The molecule has 0 spiro atoms. The fourth-order valence-corrected chi connectivity index (χ4v) is 1.57. The number of ether oxygens (including phenoxy) is 3. The highest BCUT2D eigenvalue weighted by molar-refractivity contribution is 5.70. The van der Waals surface area contributed by atoms with E-state index >= 15 is 0 Å². The molecular weight excluding hydrogens is 306 g/mol. The highest BCUT2D eigenvalue weighted by Crippen LogP contribution is 2.16. The SMILES string of the molecule is CC(C)C(CO)OC(COC(=O)NCCC(=O)O)OC(C)(C)C. The molecule has 0 saturated carbocycles. The summed E-state index contributed by atoms with van der Waals surface area (Å²) in [4.78, 5) is 21.9. The first-order valence-electron chi connectivity index (χ1n) is 7.61. The predicted octanol–water partition coefficient (Wildman–Crippen LogP) is 1.36. The Hall–Kier alpha value is -1.38. The molecule has 0 saturated heterocycles. The van der Waals surface area contributed by atoms with Gasteiger partial charge in [-0.05, 0) is 26.7 Å². The van der Waals surface area contributed by atoms with Crippen LogP contribution in [0.1, 0.15) is 41.0 Å². The molecule has 0 fully saturated rings. The van der Waals surface area contributed by atoms with Crippen LogP contribution in [0.15, 0.2) is 0 Å². The molecule has 1 amide bonds. The number of nitrogens with one attached hydrogen (secondary N) is 1. The normalized spacial score (nSPS) is 14.4. The molecule has 0 heterocycles. The Morgan fingerprint density at radius 1 is 1.22 bits per heavy atom. The average molecular weight is 335 g/mol. The zero-order valence-electron chi connectivity index (χ0n) is 14.5. The van der Waals surface area contributed by atoms with Gasteiger partial charge in [0.1, 0.15) is 6.61 Å². The number of carbonyl (C=O) groups excluding carboxylic acids is 1. The first-order valence-corrected chi connectivity index (χ1v) is 7.61. The topological polar surface area (TPSA) is 114 Å². The van der Waals surface area contributed by atoms with Crippen LogP contribution < -0.4 is 5.32 Å². The second kappa shape index (κ2) is 10.4.